The van der Waals surface area contributed by atoms with Crippen LogP contribution in [0.15, 0.2) is 17.5 Å². The van der Waals surface area contributed by atoms with Crippen LogP contribution >= 0.6 is 11.3 Å². The number of carboxylic acids is 2. The average molecular weight is 272 g/mol. The van der Waals surface area contributed by atoms with E-state index in [-0.39, 0.29) is 0 Å². The molecule has 1 amide bonds. The normalized spacial score (nSPS) is 13.6. The minimum atomic E-state index is -1.27. The van der Waals surface area contributed by atoms with Crippen molar-refractivity contribution in [2.24, 2.45) is 5.73 Å². The summed E-state index contributed by atoms with van der Waals surface area (Å²) in [6, 6.07) is 0.729. The smallest absolute Gasteiger partial charge is 0.331 e. The molecule has 0 saturated carbocycles. The Hall–Kier alpha value is -1.93. The van der Waals surface area contributed by atoms with Crippen molar-refractivity contribution in [1.29, 1.82) is 0 Å². The molecule has 18 heavy (non-hydrogen) atoms. The average Bonchev–Trinajstić information content (AvgIpc) is 2.77. The van der Waals surface area contributed by atoms with Gasteiger partial charge >= 0.3 is 11.9 Å². The highest BCUT2D eigenvalue weighted by Crippen LogP contribution is 2.19. The van der Waals surface area contributed by atoms with Crippen LogP contribution in [0.4, 0.5) is 0 Å². The highest BCUT2D eigenvalue weighted by Gasteiger charge is 2.26. The van der Waals surface area contributed by atoms with E-state index in [1.54, 1.807) is 17.5 Å². The molecule has 2 atom stereocenters. The van der Waals surface area contributed by atoms with E-state index in [1.165, 1.54) is 11.3 Å². The summed E-state index contributed by atoms with van der Waals surface area (Å²) in [6.45, 7) is 0. The monoisotopic (exact) mass is 272 g/mol. The number of rotatable bonds is 6. The van der Waals surface area contributed by atoms with Gasteiger partial charge in [0.1, 0.15) is 0 Å². The first-order valence-corrected chi connectivity index (χ1v) is 5.83. The summed E-state index contributed by atoms with van der Waals surface area (Å²) >= 11 is 1.17. The molecule has 0 aliphatic carbocycles. The topological polar surface area (TPSA) is 130 Å². The predicted octanol–water partition coefficient (Wildman–Crippen LogP) is -0.208. The Bertz CT molecular complexity index is 445. The Kier molecular flexibility index (Phi) is 4.81. The van der Waals surface area contributed by atoms with E-state index >= 15 is 0 Å². The van der Waals surface area contributed by atoms with Crippen molar-refractivity contribution in [3.05, 3.63) is 22.4 Å². The van der Waals surface area contributed by atoms with E-state index in [4.69, 9.17) is 15.9 Å². The molecule has 0 radical (unpaired) electrons. The number of hydrogen-bond acceptors (Lipinski definition) is 5. The Balaban J connectivity index is 2.71. The Labute approximate surface area is 106 Å². The summed E-state index contributed by atoms with van der Waals surface area (Å²) in [7, 11) is 0. The third-order valence-electron chi connectivity index (χ3n) is 2.09. The lowest BCUT2D eigenvalue weighted by Crippen LogP contribution is -2.45. The maximum absolute atomic E-state index is 11.5. The molecule has 0 fully saturated rings. The van der Waals surface area contributed by atoms with E-state index in [1.807, 2.05) is 0 Å². The fraction of sp³-hybridized carbons (Fsp3) is 0.300. The summed E-state index contributed by atoms with van der Waals surface area (Å²) in [5, 5.41) is 21.4. The SMILES string of the molecule is NC(CC(=O)O)C(=O)NC(C(=O)O)c1cccs1. The molecular formula is C10H12N2O5S. The largest absolute Gasteiger partial charge is 0.481 e. The minimum absolute atomic E-state index is 0.443. The van der Waals surface area contributed by atoms with E-state index in [9.17, 15) is 14.4 Å². The summed E-state index contributed by atoms with van der Waals surface area (Å²) in [5.41, 5.74) is 5.34. The summed E-state index contributed by atoms with van der Waals surface area (Å²) in [6.07, 6.45) is -0.553. The number of thiophene rings is 1. The number of carbonyl (C=O) groups excluding carboxylic acids is 1. The quantitative estimate of drug-likeness (QED) is 0.567. The molecule has 0 aromatic carbocycles. The molecular weight excluding hydrogens is 260 g/mol. The Morgan fingerprint density at radius 3 is 2.50 bits per heavy atom. The van der Waals surface area contributed by atoms with Crippen molar-refractivity contribution < 1.29 is 24.6 Å². The summed E-state index contributed by atoms with van der Waals surface area (Å²) in [4.78, 5) is 33.4. The molecule has 0 aliphatic rings. The van der Waals surface area contributed by atoms with Crippen molar-refractivity contribution in [2.45, 2.75) is 18.5 Å². The highest BCUT2D eigenvalue weighted by molar-refractivity contribution is 7.10. The number of carboxylic acid groups (broad SMARTS) is 2. The van der Waals surface area contributed by atoms with Gasteiger partial charge in [-0.05, 0) is 11.4 Å². The van der Waals surface area contributed by atoms with Crippen molar-refractivity contribution >= 4 is 29.2 Å². The van der Waals surface area contributed by atoms with Crippen LogP contribution in [0.3, 0.4) is 0 Å². The Morgan fingerprint density at radius 2 is 2.06 bits per heavy atom. The summed E-state index contributed by atoms with van der Waals surface area (Å²) < 4.78 is 0. The van der Waals surface area contributed by atoms with E-state index in [0.29, 0.717) is 4.88 Å². The second-order valence-corrected chi connectivity index (χ2v) is 4.48. The molecule has 1 aromatic heterocycles. The van der Waals surface area contributed by atoms with E-state index in [2.05, 4.69) is 5.32 Å². The molecule has 5 N–H and O–H groups in total. The number of nitrogens with two attached hydrogens (primary N) is 1. The van der Waals surface area contributed by atoms with E-state index in [0.717, 1.165) is 0 Å². The minimum Gasteiger partial charge on any atom is -0.481 e. The van der Waals surface area contributed by atoms with Crippen LogP contribution in [0, 0.1) is 0 Å². The first-order valence-electron chi connectivity index (χ1n) is 4.95. The zero-order valence-electron chi connectivity index (χ0n) is 9.20. The van der Waals surface area contributed by atoms with Crippen molar-refractivity contribution in [3.63, 3.8) is 0 Å². The van der Waals surface area contributed by atoms with Crippen LogP contribution in [0.2, 0.25) is 0 Å². The number of carbonyl (C=O) groups is 3. The van der Waals surface area contributed by atoms with Crippen LogP contribution in [0.5, 0.6) is 0 Å². The number of amides is 1. The van der Waals surface area contributed by atoms with Gasteiger partial charge in [0.05, 0.1) is 12.5 Å². The van der Waals surface area contributed by atoms with Crippen LogP contribution in [-0.4, -0.2) is 34.1 Å². The second kappa shape index (κ2) is 6.12. The first-order chi connectivity index (χ1) is 8.41. The highest BCUT2D eigenvalue weighted by atomic mass is 32.1. The molecule has 1 heterocycles. The van der Waals surface area contributed by atoms with Crippen LogP contribution in [0.25, 0.3) is 0 Å². The van der Waals surface area contributed by atoms with Gasteiger partial charge in [-0.2, -0.15) is 0 Å². The molecule has 7 nitrogen and oxygen atoms in total. The van der Waals surface area contributed by atoms with Gasteiger partial charge < -0.3 is 21.3 Å². The molecule has 8 heteroatoms. The van der Waals surface area contributed by atoms with Crippen LogP contribution < -0.4 is 11.1 Å². The van der Waals surface area contributed by atoms with Crippen molar-refractivity contribution in [2.75, 3.05) is 0 Å². The maximum atomic E-state index is 11.5. The van der Waals surface area contributed by atoms with Gasteiger partial charge in [-0.3, -0.25) is 9.59 Å². The molecule has 0 spiro atoms. The number of nitrogens with one attached hydrogen (secondary N) is 1. The van der Waals surface area contributed by atoms with Gasteiger partial charge in [-0.15, -0.1) is 11.3 Å². The molecule has 0 bridgehead atoms. The molecule has 0 aliphatic heterocycles. The third kappa shape index (κ3) is 3.82. The molecule has 98 valence electrons. The van der Waals surface area contributed by atoms with E-state index < -0.39 is 36.4 Å². The first kappa shape index (κ1) is 14.1. The van der Waals surface area contributed by atoms with Crippen molar-refractivity contribution in [3.8, 4) is 0 Å². The standard InChI is InChI=1S/C10H12N2O5S/c11-5(4-7(13)14)9(15)12-8(10(16)17)6-2-1-3-18-6/h1-3,5,8H,4,11H2,(H,12,15)(H,13,14)(H,16,17). The lowest BCUT2D eigenvalue weighted by molar-refractivity contribution is -0.142. The summed E-state index contributed by atoms with van der Waals surface area (Å²) in [5.74, 6) is -3.26. The van der Waals surface area contributed by atoms with Gasteiger partial charge in [0.25, 0.3) is 0 Å². The molecule has 1 aromatic rings. The zero-order chi connectivity index (χ0) is 13.7. The fourth-order valence-corrected chi connectivity index (χ4v) is 2.01. The van der Waals surface area contributed by atoms with Crippen molar-refractivity contribution in [1.82, 2.24) is 5.32 Å². The molecule has 2 unspecified atom stereocenters. The fourth-order valence-electron chi connectivity index (χ4n) is 1.24. The third-order valence-corrected chi connectivity index (χ3v) is 3.03. The predicted molar refractivity (Wildman–Crippen MR) is 63.1 cm³/mol. The van der Waals surface area contributed by atoms with Gasteiger partial charge in [0, 0.05) is 4.88 Å². The van der Waals surface area contributed by atoms with Gasteiger partial charge in [0.15, 0.2) is 6.04 Å². The van der Waals surface area contributed by atoms with Gasteiger partial charge in [-0.1, -0.05) is 6.07 Å². The molecule has 0 saturated heterocycles. The van der Waals surface area contributed by atoms with Gasteiger partial charge in [-0.25, -0.2) is 4.79 Å². The number of hydrogen-bond donors (Lipinski definition) is 4. The second-order valence-electron chi connectivity index (χ2n) is 3.50. The number of aliphatic carboxylic acids is 2. The van der Waals surface area contributed by atoms with Gasteiger partial charge in [0.2, 0.25) is 5.91 Å². The molecule has 1 rings (SSSR count). The lowest BCUT2D eigenvalue weighted by atomic mass is 10.1. The Morgan fingerprint density at radius 1 is 1.39 bits per heavy atom. The maximum Gasteiger partial charge on any atom is 0.331 e. The zero-order valence-corrected chi connectivity index (χ0v) is 10.0. The van der Waals surface area contributed by atoms with Crippen LogP contribution in [0.1, 0.15) is 17.3 Å². The lowest BCUT2D eigenvalue weighted by Gasteiger charge is -2.15. The van der Waals surface area contributed by atoms with Crippen LogP contribution in [-0.2, 0) is 14.4 Å².